The molecule has 1 unspecified atom stereocenters. The lowest BCUT2D eigenvalue weighted by atomic mass is 9.84. The van der Waals surface area contributed by atoms with Crippen molar-refractivity contribution in [2.45, 2.75) is 17.4 Å². The molecule has 0 amide bonds. The molecule has 128 valence electrons. The normalized spacial score (nSPS) is 18.5. The summed E-state index contributed by atoms with van der Waals surface area (Å²) in [5, 5.41) is 0.963. The van der Waals surface area contributed by atoms with Crippen LogP contribution in [0.3, 0.4) is 0 Å². The molecule has 0 N–H and O–H groups in total. The third-order valence-electron chi connectivity index (χ3n) is 4.12. The highest BCUT2D eigenvalue weighted by Crippen LogP contribution is 2.39. The molecule has 0 bridgehead atoms. The Kier molecular flexibility index (Phi) is 4.84. The van der Waals surface area contributed by atoms with Crippen LogP contribution in [0.4, 0.5) is 4.39 Å². The number of halogens is 4. The van der Waals surface area contributed by atoms with Gasteiger partial charge in [-0.15, -0.1) is 0 Å². The van der Waals surface area contributed by atoms with E-state index in [9.17, 15) is 12.8 Å². The van der Waals surface area contributed by atoms with Crippen molar-refractivity contribution in [1.29, 1.82) is 0 Å². The van der Waals surface area contributed by atoms with Gasteiger partial charge < -0.3 is 4.90 Å². The number of fused-ring (bicyclic) bond motifs is 1. The quantitative estimate of drug-likeness (QED) is 0.680. The first-order valence-corrected chi connectivity index (χ1v) is 10.1. The molecule has 0 saturated heterocycles. The zero-order valence-corrected chi connectivity index (χ0v) is 15.6. The third-order valence-corrected chi connectivity index (χ3v) is 6.02. The molecular formula is C16H13Cl3FNO2S. The van der Waals surface area contributed by atoms with Crippen LogP contribution in [-0.4, -0.2) is 26.9 Å². The highest BCUT2D eigenvalue weighted by molar-refractivity contribution is 8.13. The summed E-state index contributed by atoms with van der Waals surface area (Å²) in [5.74, 6) is -0.894. The van der Waals surface area contributed by atoms with E-state index in [0.29, 0.717) is 23.1 Å². The average molecular weight is 409 g/mol. The molecule has 0 fully saturated rings. The zero-order valence-electron chi connectivity index (χ0n) is 12.6. The van der Waals surface area contributed by atoms with Gasteiger partial charge >= 0.3 is 0 Å². The van der Waals surface area contributed by atoms with E-state index in [2.05, 4.69) is 0 Å². The molecule has 0 spiro atoms. The summed E-state index contributed by atoms with van der Waals surface area (Å²) in [4.78, 5) is 1.86. The van der Waals surface area contributed by atoms with Gasteiger partial charge in [-0.25, -0.2) is 12.8 Å². The van der Waals surface area contributed by atoms with Crippen LogP contribution in [-0.2, 0) is 15.6 Å². The average Bonchev–Trinajstić information content (AvgIpc) is 2.47. The van der Waals surface area contributed by atoms with Crippen molar-refractivity contribution < 1.29 is 12.8 Å². The van der Waals surface area contributed by atoms with Crippen molar-refractivity contribution in [3.63, 3.8) is 0 Å². The number of likely N-dealkylation sites (N-methyl/N-ethyl adjacent to an activating group) is 1. The number of benzene rings is 2. The van der Waals surface area contributed by atoms with Crippen molar-refractivity contribution in [3.8, 4) is 0 Å². The van der Waals surface area contributed by atoms with Gasteiger partial charge in [-0.2, -0.15) is 0 Å². The Hall–Kier alpha value is -0.850. The largest absolute Gasteiger partial charge is 0.301 e. The number of rotatable bonds is 2. The van der Waals surface area contributed by atoms with E-state index in [1.54, 1.807) is 12.1 Å². The molecule has 0 saturated carbocycles. The van der Waals surface area contributed by atoms with Crippen LogP contribution < -0.4 is 0 Å². The fourth-order valence-electron chi connectivity index (χ4n) is 3.05. The minimum Gasteiger partial charge on any atom is -0.301 e. The van der Waals surface area contributed by atoms with Crippen LogP contribution in [0, 0.1) is 5.82 Å². The maximum Gasteiger partial charge on any atom is 0.261 e. The van der Waals surface area contributed by atoms with Crippen LogP contribution >= 0.6 is 33.9 Å². The Bertz CT molecular complexity index is 918. The summed E-state index contributed by atoms with van der Waals surface area (Å²) in [5.41, 5.74) is 1.91. The fraction of sp³-hybridized carbons (Fsp3) is 0.250. The third kappa shape index (κ3) is 3.41. The second-order valence-corrected chi connectivity index (χ2v) is 9.24. The number of nitrogens with zero attached hydrogens (tertiary/aromatic N) is 1. The van der Waals surface area contributed by atoms with Gasteiger partial charge in [0.2, 0.25) is 0 Å². The van der Waals surface area contributed by atoms with Crippen molar-refractivity contribution in [1.82, 2.24) is 4.90 Å². The highest BCUT2D eigenvalue weighted by Gasteiger charge is 2.29. The molecule has 0 radical (unpaired) electrons. The molecule has 1 aliphatic rings. The molecule has 2 aromatic carbocycles. The lowest BCUT2D eigenvalue weighted by Crippen LogP contribution is -2.31. The molecule has 1 heterocycles. The lowest BCUT2D eigenvalue weighted by Gasteiger charge is -2.33. The van der Waals surface area contributed by atoms with Crippen LogP contribution in [0.2, 0.25) is 10.0 Å². The minimum absolute atomic E-state index is 0.136. The first kappa shape index (κ1) is 18.0. The van der Waals surface area contributed by atoms with E-state index in [4.69, 9.17) is 33.9 Å². The van der Waals surface area contributed by atoms with E-state index in [1.165, 1.54) is 6.07 Å². The molecule has 2 aromatic rings. The van der Waals surface area contributed by atoms with Gasteiger partial charge in [-0.05, 0) is 54.1 Å². The van der Waals surface area contributed by atoms with Gasteiger partial charge in [0, 0.05) is 39.7 Å². The Balaban J connectivity index is 2.21. The summed E-state index contributed by atoms with van der Waals surface area (Å²) in [6.45, 7) is 1.11. The SMILES string of the molecule is CN1Cc2c(Cl)cc(Cl)cc2C(c2cc(S(=O)(=O)Cl)ccc2F)C1. The molecular weight excluding hydrogens is 396 g/mol. The van der Waals surface area contributed by atoms with Crippen LogP contribution in [0.1, 0.15) is 22.6 Å². The van der Waals surface area contributed by atoms with Gasteiger partial charge in [-0.3, -0.25) is 0 Å². The highest BCUT2D eigenvalue weighted by atomic mass is 35.7. The monoisotopic (exact) mass is 407 g/mol. The summed E-state index contributed by atoms with van der Waals surface area (Å²) in [6.07, 6.45) is 0. The van der Waals surface area contributed by atoms with Gasteiger partial charge in [-0.1, -0.05) is 23.2 Å². The molecule has 8 heteroatoms. The van der Waals surface area contributed by atoms with Gasteiger partial charge in [0.25, 0.3) is 9.05 Å². The van der Waals surface area contributed by atoms with E-state index in [1.807, 2.05) is 11.9 Å². The van der Waals surface area contributed by atoms with E-state index in [0.717, 1.165) is 23.3 Å². The summed E-state index contributed by atoms with van der Waals surface area (Å²) < 4.78 is 37.6. The van der Waals surface area contributed by atoms with Gasteiger partial charge in [0.1, 0.15) is 5.82 Å². The second kappa shape index (κ2) is 6.46. The Morgan fingerprint density at radius 3 is 2.54 bits per heavy atom. The van der Waals surface area contributed by atoms with Crippen molar-refractivity contribution in [3.05, 3.63) is 62.9 Å². The van der Waals surface area contributed by atoms with Crippen molar-refractivity contribution in [2.75, 3.05) is 13.6 Å². The first-order chi connectivity index (χ1) is 11.2. The van der Waals surface area contributed by atoms with E-state index in [-0.39, 0.29) is 10.5 Å². The fourth-order valence-corrected chi connectivity index (χ4v) is 4.41. The van der Waals surface area contributed by atoms with Crippen molar-refractivity contribution in [2.24, 2.45) is 0 Å². The molecule has 1 atom stereocenters. The Morgan fingerprint density at radius 2 is 1.88 bits per heavy atom. The maximum atomic E-state index is 14.4. The molecule has 24 heavy (non-hydrogen) atoms. The molecule has 3 rings (SSSR count). The Labute approximate surface area is 154 Å². The van der Waals surface area contributed by atoms with E-state index >= 15 is 0 Å². The standard InChI is InChI=1S/C16H13Cl3FNO2S/c1-21-7-13(11-4-9(17)5-15(18)14(11)8-21)12-6-10(24(19,22)23)2-3-16(12)20/h2-6,13H,7-8H2,1H3. The molecule has 1 aliphatic heterocycles. The minimum atomic E-state index is -3.95. The van der Waals surface area contributed by atoms with Crippen LogP contribution in [0.5, 0.6) is 0 Å². The summed E-state index contributed by atoms with van der Waals surface area (Å²) >= 11 is 12.4. The molecule has 0 aliphatic carbocycles. The molecule has 3 nitrogen and oxygen atoms in total. The van der Waals surface area contributed by atoms with Gasteiger partial charge in [0.15, 0.2) is 0 Å². The van der Waals surface area contributed by atoms with Gasteiger partial charge in [0.05, 0.1) is 4.90 Å². The van der Waals surface area contributed by atoms with Crippen LogP contribution in [0.15, 0.2) is 35.2 Å². The predicted molar refractivity (Wildman–Crippen MR) is 94.1 cm³/mol. The zero-order chi connectivity index (χ0) is 17.6. The lowest BCUT2D eigenvalue weighted by molar-refractivity contribution is 0.293. The maximum absolute atomic E-state index is 14.4. The van der Waals surface area contributed by atoms with Crippen molar-refractivity contribution >= 4 is 42.9 Å². The van der Waals surface area contributed by atoms with Crippen LogP contribution in [0.25, 0.3) is 0 Å². The molecule has 0 aromatic heterocycles. The topological polar surface area (TPSA) is 37.4 Å². The van der Waals surface area contributed by atoms with E-state index < -0.39 is 20.8 Å². The Morgan fingerprint density at radius 1 is 1.17 bits per heavy atom. The summed E-state index contributed by atoms with van der Waals surface area (Å²) in [7, 11) is 3.34. The second-order valence-electron chi connectivity index (χ2n) is 5.83. The number of hydrogen-bond acceptors (Lipinski definition) is 3. The smallest absolute Gasteiger partial charge is 0.261 e. The number of hydrogen-bond donors (Lipinski definition) is 0. The first-order valence-electron chi connectivity index (χ1n) is 7.07. The summed E-state index contributed by atoms with van der Waals surface area (Å²) in [6, 6.07) is 6.95. The predicted octanol–water partition coefficient (Wildman–Crippen LogP) is 4.64.